The van der Waals surface area contributed by atoms with E-state index in [4.69, 9.17) is 5.73 Å². The highest BCUT2D eigenvalue weighted by Crippen LogP contribution is 2.18. The van der Waals surface area contributed by atoms with E-state index in [1.807, 2.05) is 0 Å². The van der Waals surface area contributed by atoms with Crippen LogP contribution in [-0.2, 0) is 10.2 Å². The van der Waals surface area contributed by atoms with E-state index in [9.17, 15) is 8.42 Å². The van der Waals surface area contributed by atoms with E-state index < -0.39 is 10.2 Å². The lowest BCUT2D eigenvalue weighted by Crippen LogP contribution is -2.44. The van der Waals surface area contributed by atoms with Gasteiger partial charge in [0.15, 0.2) is 0 Å². The fraction of sp³-hybridized carbons (Fsp3) is 1.00. The highest BCUT2D eigenvalue weighted by molar-refractivity contribution is 7.87. The molecule has 0 aromatic heterocycles. The highest BCUT2D eigenvalue weighted by atomic mass is 32.2. The third kappa shape index (κ3) is 1.77. The quantitative estimate of drug-likeness (QED) is 0.596. The average molecular weight is 193 g/mol. The first-order chi connectivity index (χ1) is 5.61. The minimum atomic E-state index is -3.26. The van der Waals surface area contributed by atoms with E-state index in [0.29, 0.717) is 13.1 Å². The van der Waals surface area contributed by atoms with Crippen LogP contribution in [0.15, 0.2) is 0 Å². The fourth-order valence-corrected chi connectivity index (χ4v) is 2.67. The molecular formula is C6H15N3O2S. The van der Waals surface area contributed by atoms with Crippen LogP contribution >= 0.6 is 0 Å². The minimum Gasteiger partial charge on any atom is -0.329 e. The standard InChI is InChI=1S/C6H15N3O2S/c1-8-12(10,11)9-4-2-3-6(9)5-7/h6,8H,2-5,7H2,1H3. The van der Waals surface area contributed by atoms with Gasteiger partial charge in [-0.25, -0.2) is 4.72 Å². The molecule has 1 fully saturated rings. The van der Waals surface area contributed by atoms with E-state index in [1.165, 1.54) is 11.4 Å². The van der Waals surface area contributed by atoms with E-state index in [0.717, 1.165) is 12.8 Å². The second kappa shape index (κ2) is 3.69. The van der Waals surface area contributed by atoms with Crippen molar-refractivity contribution < 1.29 is 8.42 Å². The van der Waals surface area contributed by atoms with Crippen LogP contribution in [0.25, 0.3) is 0 Å². The Morgan fingerprint density at radius 1 is 1.67 bits per heavy atom. The first-order valence-electron chi connectivity index (χ1n) is 4.02. The van der Waals surface area contributed by atoms with Crippen molar-refractivity contribution in [1.29, 1.82) is 0 Å². The lowest BCUT2D eigenvalue weighted by molar-refractivity contribution is 0.388. The van der Waals surface area contributed by atoms with Crippen molar-refractivity contribution in [2.24, 2.45) is 5.73 Å². The van der Waals surface area contributed by atoms with Gasteiger partial charge in [0.25, 0.3) is 10.2 Å². The zero-order valence-electron chi connectivity index (χ0n) is 7.16. The van der Waals surface area contributed by atoms with Crippen molar-refractivity contribution in [2.45, 2.75) is 18.9 Å². The fourth-order valence-electron chi connectivity index (χ4n) is 1.48. The number of nitrogens with zero attached hydrogens (tertiary/aromatic N) is 1. The number of hydrogen-bond acceptors (Lipinski definition) is 3. The number of nitrogens with one attached hydrogen (secondary N) is 1. The van der Waals surface area contributed by atoms with E-state index >= 15 is 0 Å². The second-order valence-corrected chi connectivity index (χ2v) is 4.68. The van der Waals surface area contributed by atoms with Crippen LogP contribution < -0.4 is 10.5 Å². The second-order valence-electron chi connectivity index (χ2n) is 2.85. The largest absolute Gasteiger partial charge is 0.329 e. The Hall–Kier alpha value is -0.170. The summed E-state index contributed by atoms with van der Waals surface area (Å²) in [5, 5.41) is 0. The SMILES string of the molecule is CNS(=O)(=O)N1CCCC1CN. The molecule has 12 heavy (non-hydrogen) atoms. The maximum atomic E-state index is 11.3. The molecule has 1 unspecified atom stereocenters. The summed E-state index contributed by atoms with van der Waals surface area (Å²) >= 11 is 0. The molecule has 0 radical (unpaired) electrons. The third-order valence-corrected chi connectivity index (χ3v) is 3.78. The average Bonchev–Trinajstić information content (AvgIpc) is 2.52. The monoisotopic (exact) mass is 193 g/mol. The van der Waals surface area contributed by atoms with Crippen LogP contribution in [0, 0.1) is 0 Å². The summed E-state index contributed by atoms with van der Waals surface area (Å²) in [5.41, 5.74) is 5.44. The Morgan fingerprint density at radius 2 is 2.33 bits per heavy atom. The van der Waals surface area contributed by atoms with Crippen LogP contribution in [0.3, 0.4) is 0 Å². The van der Waals surface area contributed by atoms with Crippen molar-refractivity contribution in [3.8, 4) is 0 Å². The Morgan fingerprint density at radius 3 is 2.83 bits per heavy atom. The molecule has 1 aliphatic heterocycles. The molecule has 0 aromatic rings. The summed E-state index contributed by atoms with van der Waals surface area (Å²) < 4.78 is 26.4. The van der Waals surface area contributed by atoms with Gasteiger partial charge in [0, 0.05) is 26.2 Å². The number of rotatable bonds is 3. The summed E-state index contributed by atoms with van der Waals surface area (Å²) in [6, 6.07) is -0.0116. The molecule has 72 valence electrons. The lowest BCUT2D eigenvalue weighted by Gasteiger charge is -2.21. The smallest absolute Gasteiger partial charge is 0.279 e. The summed E-state index contributed by atoms with van der Waals surface area (Å²) in [4.78, 5) is 0. The minimum absolute atomic E-state index is 0.0116. The van der Waals surface area contributed by atoms with Gasteiger partial charge in [-0.05, 0) is 12.8 Å². The van der Waals surface area contributed by atoms with Gasteiger partial charge >= 0.3 is 0 Å². The molecule has 0 amide bonds. The van der Waals surface area contributed by atoms with Gasteiger partial charge in [-0.2, -0.15) is 12.7 Å². The normalized spacial score (nSPS) is 26.3. The Balaban J connectivity index is 2.74. The summed E-state index contributed by atoms with van der Waals surface area (Å²) in [6.45, 7) is 0.992. The molecule has 6 heteroatoms. The summed E-state index contributed by atoms with van der Waals surface area (Å²) in [5.74, 6) is 0. The molecule has 1 atom stereocenters. The van der Waals surface area contributed by atoms with Crippen LogP contribution in [0.4, 0.5) is 0 Å². The van der Waals surface area contributed by atoms with Crippen LogP contribution in [0.2, 0.25) is 0 Å². The first-order valence-corrected chi connectivity index (χ1v) is 5.46. The third-order valence-electron chi connectivity index (χ3n) is 2.16. The van der Waals surface area contributed by atoms with E-state index in [2.05, 4.69) is 4.72 Å². The summed E-state index contributed by atoms with van der Waals surface area (Å²) in [7, 11) is -1.84. The Kier molecular flexibility index (Phi) is 3.05. The molecular weight excluding hydrogens is 178 g/mol. The van der Waals surface area contributed by atoms with Gasteiger partial charge in [-0.15, -0.1) is 0 Å². The molecule has 1 rings (SSSR count). The van der Waals surface area contributed by atoms with Crippen LogP contribution in [-0.4, -0.2) is 38.9 Å². The zero-order valence-corrected chi connectivity index (χ0v) is 7.97. The predicted molar refractivity (Wildman–Crippen MR) is 46.8 cm³/mol. The van der Waals surface area contributed by atoms with Gasteiger partial charge < -0.3 is 5.73 Å². The molecule has 0 bridgehead atoms. The predicted octanol–water partition coefficient (Wildman–Crippen LogP) is -1.13. The Labute approximate surface area is 73.1 Å². The molecule has 1 saturated heterocycles. The summed E-state index contributed by atoms with van der Waals surface area (Å²) in [6.07, 6.45) is 1.78. The van der Waals surface area contributed by atoms with Crippen molar-refractivity contribution in [3.63, 3.8) is 0 Å². The lowest BCUT2D eigenvalue weighted by atomic mass is 10.2. The van der Waals surface area contributed by atoms with Crippen molar-refractivity contribution in [3.05, 3.63) is 0 Å². The van der Waals surface area contributed by atoms with Crippen LogP contribution in [0.1, 0.15) is 12.8 Å². The van der Waals surface area contributed by atoms with E-state index in [1.54, 1.807) is 0 Å². The molecule has 0 spiro atoms. The van der Waals surface area contributed by atoms with Gasteiger partial charge in [0.05, 0.1) is 0 Å². The molecule has 3 N–H and O–H groups in total. The van der Waals surface area contributed by atoms with E-state index in [-0.39, 0.29) is 6.04 Å². The van der Waals surface area contributed by atoms with Gasteiger partial charge in [-0.1, -0.05) is 0 Å². The molecule has 0 aliphatic carbocycles. The maximum absolute atomic E-state index is 11.3. The molecule has 1 aliphatic rings. The molecule has 0 aromatic carbocycles. The van der Waals surface area contributed by atoms with Gasteiger partial charge in [0.2, 0.25) is 0 Å². The Bertz CT molecular complexity index is 239. The molecule has 0 saturated carbocycles. The van der Waals surface area contributed by atoms with Gasteiger partial charge in [-0.3, -0.25) is 0 Å². The van der Waals surface area contributed by atoms with Crippen LogP contribution in [0.5, 0.6) is 0 Å². The maximum Gasteiger partial charge on any atom is 0.279 e. The van der Waals surface area contributed by atoms with Crippen molar-refractivity contribution in [2.75, 3.05) is 20.1 Å². The van der Waals surface area contributed by atoms with Crippen molar-refractivity contribution >= 4 is 10.2 Å². The number of hydrogen-bond donors (Lipinski definition) is 2. The number of nitrogens with two attached hydrogens (primary N) is 1. The zero-order chi connectivity index (χ0) is 9.19. The molecule has 5 nitrogen and oxygen atoms in total. The highest BCUT2D eigenvalue weighted by Gasteiger charge is 2.31. The topological polar surface area (TPSA) is 75.4 Å². The molecule has 1 heterocycles. The van der Waals surface area contributed by atoms with Gasteiger partial charge in [0.1, 0.15) is 0 Å². The first kappa shape index (κ1) is 9.91. The van der Waals surface area contributed by atoms with Crippen molar-refractivity contribution in [1.82, 2.24) is 9.03 Å².